The van der Waals surface area contributed by atoms with Gasteiger partial charge in [-0.25, -0.2) is 13.1 Å². The summed E-state index contributed by atoms with van der Waals surface area (Å²) in [5.41, 5.74) is 1.25. The minimum atomic E-state index is -4.11. The molecule has 1 saturated carbocycles. The number of fused-ring (bicyclic) bond motifs is 1. The van der Waals surface area contributed by atoms with Crippen LogP contribution in [0.25, 0.3) is 0 Å². The third kappa shape index (κ3) is 4.94. The molecule has 0 unspecified atom stereocenters. The number of hydrogen-bond acceptors (Lipinski definition) is 6. The molecule has 9 nitrogen and oxygen atoms in total. The van der Waals surface area contributed by atoms with Crippen molar-refractivity contribution in [3.8, 4) is 5.75 Å². The number of rotatable bonds is 5. The Hall–Kier alpha value is -2.60. The molecule has 2 atom stereocenters. The minimum Gasteiger partial charge on any atom is -0.487 e. The van der Waals surface area contributed by atoms with Crippen molar-refractivity contribution >= 4 is 55.1 Å². The van der Waals surface area contributed by atoms with E-state index in [0.717, 1.165) is 52.2 Å². The first kappa shape index (κ1) is 26.6. The molecule has 1 N–H and O–H groups in total. The highest BCUT2D eigenvalue weighted by Gasteiger charge is 2.44. The van der Waals surface area contributed by atoms with Crippen LogP contribution in [-0.4, -0.2) is 45.3 Å². The molecule has 1 aromatic heterocycles. The van der Waals surface area contributed by atoms with Gasteiger partial charge in [-0.2, -0.15) is 0 Å². The maximum absolute atomic E-state index is 13.5. The number of nitrogens with zero attached hydrogens (tertiary/aromatic N) is 4. The second kappa shape index (κ2) is 10.1. The minimum absolute atomic E-state index is 0.0242. The Kier molecular flexibility index (Phi) is 6.89. The van der Waals surface area contributed by atoms with Crippen molar-refractivity contribution in [2.75, 3.05) is 0 Å². The molecule has 2 aromatic carbocycles. The number of carbonyl (C=O) groups is 1. The monoisotopic (exact) mass is 651 g/mol. The van der Waals surface area contributed by atoms with Gasteiger partial charge in [-0.1, -0.05) is 44.3 Å². The summed E-state index contributed by atoms with van der Waals surface area (Å²) in [6.07, 6.45) is 9.39. The number of nitrogens with one attached hydrogen (secondary N) is 1. The summed E-state index contributed by atoms with van der Waals surface area (Å²) in [4.78, 5) is 12.8. The Morgan fingerprint density at radius 2 is 1.92 bits per heavy atom. The molecule has 0 bridgehead atoms. The molecule has 2 aliphatic heterocycles. The van der Waals surface area contributed by atoms with Crippen molar-refractivity contribution in [3.05, 3.63) is 80.8 Å². The van der Waals surface area contributed by atoms with Gasteiger partial charge in [0.1, 0.15) is 17.4 Å². The van der Waals surface area contributed by atoms with Crippen LogP contribution in [0.1, 0.15) is 49.4 Å². The highest BCUT2D eigenvalue weighted by molar-refractivity contribution is 9.10. The summed E-state index contributed by atoms with van der Waals surface area (Å²) in [6, 6.07) is 8.84. The van der Waals surface area contributed by atoms with Gasteiger partial charge < -0.3 is 10.1 Å². The topological polar surface area (TPSA) is 106 Å². The van der Waals surface area contributed by atoms with Gasteiger partial charge in [-0.15, -0.1) is 5.10 Å². The lowest BCUT2D eigenvalue weighted by Gasteiger charge is -2.40. The van der Waals surface area contributed by atoms with Crippen LogP contribution < -0.4 is 10.1 Å². The van der Waals surface area contributed by atoms with E-state index in [1.807, 2.05) is 18.2 Å². The van der Waals surface area contributed by atoms with E-state index >= 15 is 0 Å². The second-order valence-electron chi connectivity index (χ2n) is 10.0. The van der Waals surface area contributed by atoms with E-state index in [1.54, 1.807) is 10.9 Å². The Labute approximate surface area is 244 Å². The van der Waals surface area contributed by atoms with Gasteiger partial charge in [0.25, 0.3) is 10.0 Å². The van der Waals surface area contributed by atoms with Crippen LogP contribution in [0.3, 0.4) is 0 Å². The molecule has 204 valence electrons. The smallest absolute Gasteiger partial charge is 0.264 e. The average Bonchev–Trinajstić information content (AvgIpc) is 3.56. The van der Waals surface area contributed by atoms with E-state index in [-0.39, 0.29) is 33.0 Å². The first-order valence-electron chi connectivity index (χ1n) is 12.5. The van der Waals surface area contributed by atoms with Gasteiger partial charge in [0.05, 0.1) is 26.7 Å². The molecule has 1 aliphatic carbocycles. The highest BCUT2D eigenvalue weighted by Crippen LogP contribution is 2.48. The van der Waals surface area contributed by atoms with Gasteiger partial charge in [0.15, 0.2) is 0 Å². The number of carbonyl (C=O) groups excluding carboxylic acids is 1. The lowest BCUT2D eigenvalue weighted by Crippen LogP contribution is -2.50. The third-order valence-corrected chi connectivity index (χ3v) is 10.6. The summed E-state index contributed by atoms with van der Waals surface area (Å²) >= 11 is 15.6. The maximum Gasteiger partial charge on any atom is 0.264 e. The van der Waals surface area contributed by atoms with Crippen molar-refractivity contribution in [1.82, 2.24) is 24.6 Å². The van der Waals surface area contributed by atoms with Gasteiger partial charge in [0, 0.05) is 41.5 Å². The van der Waals surface area contributed by atoms with Crippen LogP contribution in [0.4, 0.5) is 0 Å². The Bertz CT molecular complexity index is 1590. The molecule has 3 aliphatic rings. The lowest BCUT2D eigenvalue weighted by molar-refractivity contribution is -0.124. The zero-order valence-electron chi connectivity index (χ0n) is 20.6. The quantitative estimate of drug-likeness (QED) is 0.404. The van der Waals surface area contributed by atoms with Crippen LogP contribution in [0, 0.1) is 0 Å². The molecule has 0 saturated heterocycles. The number of amides is 1. The van der Waals surface area contributed by atoms with E-state index in [1.165, 1.54) is 30.6 Å². The predicted octanol–water partition coefficient (Wildman–Crippen LogP) is 5.24. The van der Waals surface area contributed by atoms with Crippen molar-refractivity contribution < 1.29 is 17.9 Å². The van der Waals surface area contributed by atoms with Crippen LogP contribution in [0.15, 0.2) is 64.4 Å². The molecule has 13 heteroatoms. The normalized spacial score (nSPS) is 22.0. The summed E-state index contributed by atoms with van der Waals surface area (Å²) in [7, 11) is -4.11. The van der Waals surface area contributed by atoms with Crippen LogP contribution in [0.2, 0.25) is 10.0 Å². The molecule has 6 rings (SSSR count). The molecular weight excluding hydrogens is 629 g/mol. The fourth-order valence-corrected chi connectivity index (χ4v) is 7.84. The van der Waals surface area contributed by atoms with Crippen LogP contribution in [0.5, 0.6) is 5.75 Å². The number of hydrogen-bond donors (Lipinski definition) is 1. The van der Waals surface area contributed by atoms with Crippen molar-refractivity contribution in [3.63, 3.8) is 0 Å². The van der Waals surface area contributed by atoms with Crippen molar-refractivity contribution in [2.24, 2.45) is 0 Å². The molecule has 3 heterocycles. The number of aromatic nitrogens is 3. The van der Waals surface area contributed by atoms with E-state index in [0.29, 0.717) is 5.69 Å². The molecule has 39 heavy (non-hydrogen) atoms. The zero-order valence-corrected chi connectivity index (χ0v) is 24.5. The fourth-order valence-electron chi connectivity index (χ4n) is 5.63. The summed E-state index contributed by atoms with van der Waals surface area (Å²) in [5, 5.41) is 11.7. The van der Waals surface area contributed by atoms with Gasteiger partial charge in [-0.05, 0) is 62.1 Å². The van der Waals surface area contributed by atoms with Gasteiger partial charge >= 0.3 is 0 Å². The molecular formula is C26H24BrCl2N5O4S. The Morgan fingerprint density at radius 1 is 1.13 bits per heavy atom. The molecule has 1 spiro atoms. The Balaban J connectivity index is 1.30. The molecule has 0 radical (unpaired) electrons. The number of halogens is 3. The van der Waals surface area contributed by atoms with E-state index in [9.17, 15) is 13.2 Å². The summed E-state index contributed by atoms with van der Waals surface area (Å²) in [6.45, 7) is 0. The fraction of sp³-hybridized carbons (Fsp3) is 0.346. The first-order chi connectivity index (χ1) is 18.6. The number of sulfonamides is 1. The van der Waals surface area contributed by atoms with E-state index in [2.05, 4.69) is 31.6 Å². The molecule has 3 aromatic rings. The highest BCUT2D eigenvalue weighted by atomic mass is 79.9. The first-order valence-corrected chi connectivity index (χ1v) is 15.5. The van der Waals surface area contributed by atoms with Crippen LogP contribution in [-0.2, 0) is 21.2 Å². The van der Waals surface area contributed by atoms with Crippen molar-refractivity contribution in [1.29, 1.82) is 0 Å². The SMILES string of the molecule is O=C1NC=CN(S(=O)(=O)c2ccc(Cl)c(Cl)c2)[C@@H]1Cc1cn([C@@H]2CC3(CCCC3)Oc3ccc(Br)cc32)nn1. The van der Waals surface area contributed by atoms with Gasteiger partial charge in [-0.3, -0.25) is 9.10 Å². The second-order valence-corrected chi connectivity index (χ2v) is 13.6. The largest absolute Gasteiger partial charge is 0.487 e. The van der Waals surface area contributed by atoms with Gasteiger partial charge in [0.2, 0.25) is 5.91 Å². The van der Waals surface area contributed by atoms with E-state index in [4.69, 9.17) is 27.9 Å². The standard InChI is InChI=1S/C26H24BrCl2N5O4S/c27-16-3-6-24-19(11-16)23(14-26(38-24)7-1-2-8-26)33-15-17(31-32-33)12-22-25(35)30-9-10-34(22)39(36,37)18-4-5-20(28)21(29)13-18/h3-6,9-11,13,15,22-23H,1-2,7-8,12,14H2,(H,30,35)/t22-,23-/m1/s1. The van der Waals surface area contributed by atoms with Crippen LogP contribution >= 0.6 is 39.1 Å². The molecule has 1 amide bonds. The summed E-state index contributed by atoms with van der Waals surface area (Å²) in [5.74, 6) is 0.366. The average molecular weight is 653 g/mol. The zero-order chi connectivity index (χ0) is 27.4. The maximum atomic E-state index is 13.5. The summed E-state index contributed by atoms with van der Waals surface area (Å²) < 4.78 is 37.3. The number of ether oxygens (including phenoxy) is 1. The molecule has 1 fully saturated rings. The third-order valence-electron chi connectivity index (χ3n) is 7.54. The number of benzene rings is 2. The van der Waals surface area contributed by atoms with Crippen molar-refractivity contribution in [2.45, 2.75) is 61.1 Å². The Morgan fingerprint density at radius 3 is 2.69 bits per heavy atom. The van der Waals surface area contributed by atoms with E-state index < -0.39 is 22.0 Å². The lowest BCUT2D eigenvalue weighted by atomic mass is 9.86. The predicted molar refractivity (Wildman–Crippen MR) is 149 cm³/mol.